The summed E-state index contributed by atoms with van der Waals surface area (Å²) in [6, 6.07) is 5.52. The third-order valence-electron chi connectivity index (χ3n) is 1.81. The maximum atomic E-state index is 5.86. The zero-order valence-electron chi connectivity index (χ0n) is 7.64. The van der Waals surface area contributed by atoms with Crippen molar-refractivity contribution in [2.75, 3.05) is 12.4 Å². The molecule has 0 amide bonds. The lowest BCUT2D eigenvalue weighted by Gasteiger charge is -2.11. The second kappa shape index (κ2) is 4.70. The number of halogens is 2. The van der Waals surface area contributed by atoms with Crippen LogP contribution in [0.15, 0.2) is 18.2 Å². The van der Waals surface area contributed by atoms with Gasteiger partial charge in [-0.3, -0.25) is 0 Å². The summed E-state index contributed by atoms with van der Waals surface area (Å²) in [5.41, 5.74) is 0.986. The Hall–Kier alpha value is -0.440. The predicted octanol–water partition coefficient (Wildman–Crippen LogP) is 1.94. The van der Waals surface area contributed by atoms with Crippen molar-refractivity contribution in [2.45, 2.75) is 13.1 Å². The van der Waals surface area contributed by atoms with Gasteiger partial charge >= 0.3 is 0 Å². The van der Waals surface area contributed by atoms with Crippen molar-refractivity contribution in [3.05, 3.63) is 28.2 Å². The molecule has 0 aliphatic carbocycles. The number of rotatable bonds is 3. The Morgan fingerprint density at radius 2 is 2.00 bits per heavy atom. The lowest BCUT2D eigenvalue weighted by atomic mass is 10.3. The van der Waals surface area contributed by atoms with E-state index >= 15 is 0 Å². The third-order valence-corrected chi connectivity index (χ3v) is 2.55. The van der Waals surface area contributed by atoms with E-state index in [1.54, 1.807) is 6.07 Å². The van der Waals surface area contributed by atoms with Crippen molar-refractivity contribution in [1.29, 1.82) is 0 Å². The second-order valence-electron chi connectivity index (χ2n) is 2.90. The summed E-state index contributed by atoms with van der Waals surface area (Å²) >= 11 is 11.6. The van der Waals surface area contributed by atoms with Crippen LogP contribution in [-0.4, -0.2) is 13.2 Å². The molecule has 0 aliphatic heterocycles. The molecule has 1 atom stereocenters. The van der Waals surface area contributed by atoms with Crippen LogP contribution in [0.2, 0.25) is 10.0 Å². The molecule has 13 heavy (non-hydrogen) atoms. The fourth-order valence-corrected chi connectivity index (χ4v) is 1.23. The van der Waals surface area contributed by atoms with E-state index in [9.17, 15) is 0 Å². The number of hydrogen-bond acceptors (Lipinski definition) is 1. The van der Waals surface area contributed by atoms with Gasteiger partial charge < -0.3 is 10.6 Å². The van der Waals surface area contributed by atoms with Crippen molar-refractivity contribution in [1.82, 2.24) is 0 Å². The SMILES string of the molecule is C[NH2+]C(C)Nc1ccc(Cl)c(Cl)c1. The third kappa shape index (κ3) is 3.07. The highest BCUT2D eigenvalue weighted by Gasteiger charge is 2.03. The van der Waals surface area contributed by atoms with Crippen molar-refractivity contribution in [3.8, 4) is 0 Å². The first-order valence-electron chi connectivity index (χ1n) is 4.14. The minimum absolute atomic E-state index is 0.331. The number of benzene rings is 1. The van der Waals surface area contributed by atoms with E-state index < -0.39 is 0 Å². The summed E-state index contributed by atoms with van der Waals surface area (Å²) in [6.45, 7) is 2.07. The Balaban J connectivity index is 2.73. The van der Waals surface area contributed by atoms with Crippen LogP contribution in [0.5, 0.6) is 0 Å². The molecule has 0 aliphatic rings. The Labute approximate surface area is 88.2 Å². The molecule has 2 nitrogen and oxygen atoms in total. The van der Waals surface area contributed by atoms with Crippen LogP contribution in [0.4, 0.5) is 5.69 Å². The van der Waals surface area contributed by atoms with Crippen LogP contribution in [0.3, 0.4) is 0 Å². The maximum absolute atomic E-state index is 5.86. The molecule has 0 fully saturated rings. The van der Waals surface area contributed by atoms with E-state index in [4.69, 9.17) is 23.2 Å². The fourth-order valence-electron chi connectivity index (χ4n) is 0.932. The Morgan fingerprint density at radius 3 is 2.54 bits per heavy atom. The summed E-state index contributed by atoms with van der Waals surface area (Å²) in [6.07, 6.45) is 0.331. The van der Waals surface area contributed by atoms with Gasteiger partial charge in [-0.2, -0.15) is 0 Å². The van der Waals surface area contributed by atoms with E-state index in [-0.39, 0.29) is 0 Å². The molecule has 1 unspecified atom stereocenters. The van der Waals surface area contributed by atoms with Crippen LogP contribution in [0.1, 0.15) is 6.92 Å². The number of nitrogens with one attached hydrogen (secondary N) is 1. The van der Waals surface area contributed by atoms with Crippen LogP contribution in [0, 0.1) is 0 Å². The zero-order valence-corrected chi connectivity index (χ0v) is 9.15. The molecular formula is C9H13Cl2N2+. The van der Waals surface area contributed by atoms with Crippen molar-refractivity contribution in [2.24, 2.45) is 0 Å². The Morgan fingerprint density at radius 1 is 1.31 bits per heavy atom. The average Bonchev–Trinajstić information content (AvgIpc) is 2.11. The second-order valence-corrected chi connectivity index (χ2v) is 3.71. The van der Waals surface area contributed by atoms with E-state index in [2.05, 4.69) is 17.6 Å². The van der Waals surface area contributed by atoms with E-state index in [0.29, 0.717) is 16.2 Å². The highest BCUT2D eigenvalue weighted by molar-refractivity contribution is 6.42. The fraction of sp³-hybridized carbons (Fsp3) is 0.333. The van der Waals surface area contributed by atoms with Crippen LogP contribution in [0.25, 0.3) is 0 Å². The van der Waals surface area contributed by atoms with Gasteiger partial charge in [0.05, 0.1) is 17.1 Å². The molecule has 0 radical (unpaired) electrons. The first-order valence-corrected chi connectivity index (χ1v) is 4.90. The van der Waals surface area contributed by atoms with Crippen molar-refractivity contribution < 1.29 is 5.32 Å². The number of anilines is 1. The van der Waals surface area contributed by atoms with Gasteiger partial charge in [-0.25, -0.2) is 0 Å². The average molecular weight is 220 g/mol. The Kier molecular flexibility index (Phi) is 3.85. The van der Waals surface area contributed by atoms with Gasteiger partial charge in [0, 0.05) is 12.6 Å². The first-order chi connectivity index (χ1) is 6.13. The number of quaternary nitrogens is 1. The molecule has 0 saturated carbocycles. The minimum atomic E-state index is 0.331. The maximum Gasteiger partial charge on any atom is 0.156 e. The van der Waals surface area contributed by atoms with Gasteiger partial charge in [-0.1, -0.05) is 23.2 Å². The summed E-state index contributed by atoms with van der Waals surface area (Å²) in [4.78, 5) is 0. The van der Waals surface area contributed by atoms with Crippen molar-refractivity contribution >= 4 is 28.9 Å². The summed E-state index contributed by atoms with van der Waals surface area (Å²) in [5.74, 6) is 0. The van der Waals surface area contributed by atoms with Crippen LogP contribution < -0.4 is 10.6 Å². The van der Waals surface area contributed by atoms with Crippen molar-refractivity contribution in [3.63, 3.8) is 0 Å². The predicted molar refractivity (Wildman–Crippen MR) is 57.4 cm³/mol. The molecule has 1 aromatic carbocycles. The highest BCUT2D eigenvalue weighted by atomic mass is 35.5. The first kappa shape index (κ1) is 10.6. The smallest absolute Gasteiger partial charge is 0.156 e. The van der Waals surface area contributed by atoms with Gasteiger partial charge in [0.15, 0.2) is 6.17 Å². The summed E-state index contributed by atoms with van der Waals surface area (Å²) in [7, 11) is 2.01. The summed E-state index contributed by atoms with van der Waals surface area (Å²) in [5, 5.41) is 6.50. The minimum Gasteiger partial charge on any atom is -0.337 e. The molecular weight excluding hydrogens is 207 g/mol. The lowest BCUT2D eigenvalue weighted by Crippen LogP contribution is -2.87. The van der Waals surface area contributed by atoms with Gasteiger partial charge in [-0.05, 0) is 18.2 Å². The van der Waals surface area contributed by atoms with Crippen LogP contribution in [-0.2, 0) is 0 Å². The summed E-state index contributed by atoms with van der Waals surface area (Å²) < 4.78 is 0. The number of nitrogens with two attached hydrogens (primary N) is 1. The molecule has 3 N–H and O–H groups in total. The molecule has 1 rings (SSSR count). The van der Waals surface area contributed by atoms with E-state index in [1.807, 2.05) is 19.2 Å². The molecule has 4 heteroatoms. The zero-order chi connectivity index (χ0) is 9.84. The monoisotopic (exact) mass is 219 g/mol. The van der Waals surface area contributed by atoms with Gasteiger partial charge in [0.25, 0.3) is 0 Å². The van der Waals surface area contributed by atoms with Gasteiger partial charge in [-0.15, -0.1) is 0 Å². The van der Waals surface area contributed by atoms with E-state index in [0.717, 1.165) is 5.69 Å². The molecule has 0 spiro atoms. The van der Waals surface area contributed by atoms with E-state index in [1.165, 1.54) is 0 Å². The molecule has 72 valence electrons. The molecule has 0 saturated heterocycles. The quantitative estimate of drug-likeness (QED) is 0.749. The largest absolute Gasteiger partial charge is 0.337 e. The van der Waals surface area contributed by atoms with Gasteiger partial charge in [0.1, 0.15) is 0 Å². The highest BCUT2D eigenvalue weighted by Crippen LogP contribution is 2.24. The normalized spacial score (nSPS) is 12.6. The molecule has 0 heterocycles. The number of hydrogen-bond donors (Lipinski definition) is 2. The molecule has 0 bridgehead atoms. The van der Waals surface area contributed by atoms with Crippen LogP contribution >= 0.6 is 23.2 Å². The Bertz CT molecular complexity index is 289. The molecule has 1 aromatic rings. The lowest BCUT2D eigenvalue weighted by molar-refractivity contribution is -0.653. The molecule has 0 aromatic heterocycles. The standard InChI is InChI=1S/C9H12Cl2N2/c1-6(12-2)13-7-3-4-8(10)9(11)5-7/h3-6,12-13H,1-2H3/p+1. The van der Waals surface area contributed by atoms with Gasteiger partial charge in [0.2, 0.25) is 0 Å². The topological polar surface area (TPSA) is 28.6 Å².